The Morgan fingerprint density at radius 2 is 1.39 bits per heavy atom. The van der Waals surface area contributed by atoms with Crippen molar-refractivity contribution in [1.82, 2.24) is 0 Å². The molecule has 0 radical (unpaired) electrons. The van der Waals surface area contributed by atoms with E-state index in [2.05, 4.69) is 6.92 Å². The van der Waals surface area contributed by atoms with Crippen LogP contribution in [-0.4, -0.2) is 16.2 Å². The number of rotatable bonds is 13. The molecule has 0 aromatic heterocycles. The molecule has 0 aliphatic heterocycles. The number of aromatic hydroxyl groups is 2. The zero-order valence-electron chi connectivity index (χ0n) is 19.7. The Bertz CT molecular complexity index is 1040. The van der Waals surface area contributed by atoms with Gasteiger partial charge in [-0.2, -0.15) is 0 Å². The standard InChI is InChI=1S/C29H36O4/c1-2-3-4-5-6-7-8-9-10-11-16-22-17-13-15-20-26(22)33-29(32)27-24-19-14-12-18-23(24)21-25(30)28(27)31/h12-15,17-21,30-31H,2-11,16H2,1H3. The fourth-order valence-corrected chi connectivity index (χ4v) is 4.29. The minimum atomic E-state index is -0.671. The number of hydrogen-bond donors (Lipinski definition) is 2. The number of phenols is 2. The lowest BCUT2D eigenvalue weighted by Gasteiger charge is -2.13. The molecule has 0 fully saturated rings. The molecule has 176 valence electrons. The van der Waals surface area contributed by atoms with Crippen molar-refractivity contribution in [2.45, 2.75) is 77.6 Å². The van der Waals surface area contributed by atoms with Gasteiger partial charge in [0.1, 0.15) is 11.3 Å². The molecule has 0 amide bonds. The van der Waals surface area contributed by atoms with Gasteiger partial charge in [-0.25, -0.2) is 4.79 Å². The third-order valence-corrected chi connectivity index (χ3v) is 6.18. The molecule has 0 saturated carbocycles. The zero-order valence-corrected chi connectivity index (χ0v) is 19.7. The minimum absolute atomic E-state index is 0.0145. The van der Waals surface area contributed by atoms with Gasteiger partial charge in [0.05, 0.1) is 0 Å². The zero-order chi connectivity index (χ0) is 23.5. The van der Waals surface area contributed by atoms with E-state index in [9.17, 15) is 15.0 Å². The third-order valence-electron chi connectivity index (χ3n) is 6.18. The molecule has 3 rings (SSSR count). The summed E-state index contributed by atoms with van der Waals surface area (Å²) in [6, 6.07) is 16.1. The summed E-state index contributed by atoms with van der Waals surface area (Å²) in [6.07, 6.45) is 13.6. The maximum Gasteiger partial charge on any atom is 0.348 e. The molecule has 0 aliphatic rings. The number of benzene rings is 3. The van der Waals surface area contributed by atoms with Crippen LogP contribution in [-0.2, 0) is 6.42 Å². The van der Waals surface area contributed by atoms with Gasteiger partial charge in [0.15, 0.2) is 11.5 Å². The molecular weight excluding hydrogens is 412 g/mol. The smallest absolute Gasteiger partial charge is 0.348 e. The third kappa shape index (κ3) is 6.98. The van der Waals surface area contributed by atoms with Crippen LogP contribution in [0.4, 0.5) is 0 Å². The van der Waals surface area contributed by atoms with E-state index >= 15 is 0 Å². The molecule has 0 bridgehead atoms. The van der Waals surface area contributed by atoms with Crippen molar-refractivity contribution in [3.63, 3.8) is 0 Å². The highest BCUT2D eigenvalue weighted by Crippen LogP contribution is 2.36. The quantitative estimate of drug-likeness (QED) is 0.121. The number of carbonyl (C=O) groups excluding carboxylic acids is 1. The number of esters is 1. The largest absolute Gasteiger partial charge is 0.504 e. The molecule has 2 N–H and O–H groups in total. The van der Waals surface area contributed by atoms with Crippen LogP contribution in [0.15, 0.2) is 54.6 Å². The first-order valence-corrected chi connectivity index (χ1v) is 12.4. The summed E-state index contributed by atoms with van der Waals surface area (Å²) in [6.45, 7) is 2.25. The summed E-state index contributed by atoms with van der Waals surface area (Å²) >= 11 is 0. The Morgan fingerprint density at radius 3 is 2.12 bits per heavy atom. The number of phenolic OH excluding ortho intramolecular Hbond substituents is 2. The van der Waals surface area contributed by atoms with Crippen LogP contribution in [0.25, 0.3) is 10.8 Å². The number of fused-ring (bicyclic) bond motifs is 1. The molecule has 0 aliphatic carbocycles. The van der Waals surface area contributed by atoms with Crippen LogP contribution in [0.5, 0.6) is 17.2 Å². The summed E-state index contributed by atoms with van der Waals surface area (Å²) < 4.78 is 5.71. The van der Waals surface area contributed by atoms with Gasteiger partial charge in [-0.05, 0) is 35.9 Å². The van der Waals surface area contributed by atoms with Crippen molar-refractivity contribution < 1.29 is 19.7 Å². The summed E-state index contributed by atoms with van der Waals surface area (Å²) in [5, 5.41) is 21.6. The SMILES string of the molecule is CCCCCCCCCCCCc1ccccc1OC(=O)c1c(O)c(O)cc2ccccc12. The average molecular weight is 449 g/mol. The molecule has 4 nitrogen and oxygen atoms in total. The molecule has 3 aromatic carbocycles. The first-order valence-electron chi connectivity index (χ1n) is 12.4. The molecular formula is C29H36O4. The summed E-state index contributed by atoms with van der Waals surface area (Å²) in [5.74, 6) is -0.953. The molecule has 3 aromatic rings. The van der Waals surface area contributed by atoms with Crippen molar-refractivity contribution >= 4 is 16.7 Å². The number of hydrogen-bond acceptors (Lipinski definition) is 4. The number of aryl methyl sites for hydroxylation is 1. The highest BCUT2D eigenvalue weighted by molar-refractivity contribution is 6.08. The molecule has 33 heavy (non-hydrogen) atoms. The van der Waals surface area contributed by atoms with Crippen molar-refractivity contribution in [3.05, 3.63) is 65.7 Å². The Kier molecular flexibility index (Phi) is 9.61. The van der Waals surface area contributed by atoms with E-state index in [4.69, 9.17) is 4.74 Å². The molecule has 0 spiro atoms. The lowest BCUT2D eigenvalue weighted by Crippen LogP contribution is -2.11. The highest BCUT2D eigenvalue weighted by atomic mass is 16.5. The minimum Gasteiger partial charge on any atom is -0.504 e. The van der Waals surface area contributed by atoms with Gasteiger partial charge in [-0.1, -0.05) is 107 Å². The van der Waals surface area contributed by atoms with Gasteiger partial charge < -0.3 is 14.9 Å². The number of unbranched alkanes of at least 4 members (excludes halogenated alkanes) is 9. The Hall–Kier alpha value is -3.01. The normalized spacial score (nSPS) is 11.1. The summed E-state index contributed by atoms with van der Waals surface area (Å²) in [5.41, 5.74) is 0.966. The van der Waals surface area contributed by atoms with E-state index in [-0.39, 0.29) is 11.3 Å². The fourth-order valence-electron chi connectivity index (χ4n) is 4.29. The molecule has 0 atom stereocenters. The predicted octanol–water partition coefficient (Wildman–Crippen LogP) is 7.93. The summed E-state index contributed by atoms with van der Waals surface area (Å²) in [4.78, 5) is 13.0. The topological polar surface area (TPSA) is 66.8 Å². The lowest BCUT2D eigenvalue weighted by atomic mass is 10.0. The van der Waals surface area contributed by atoms with E-state index in [1.165, 1.54) is 57.4 Å². The first-order chi connectivity index (χ1) is 16.1. The highest BCUT2D eigenvalue weighted by Gasteiger charge is 2.21. The van der Waals surface area contributed by atoms with E-state index in [1.54, 1.807) is 24.3 Å². The van der Waals surface area contributed by atoms with Gasteiger partial charge in [0.2, 0.25) is 0 Å². The Labute approximate surface area is 197 Å². The molecule has 4 heteroatoms. The van der Waals surface area contributed by atoms with Crippen molar-refractivity contribution in [2.24, 2.45) is 0 Å². The van der Waals surface area contributed by atoms with Gasteiger partial charge in [0, 0.05) is 5.39 Å². The number of para-hydroxylation sites is 1. The van der Waals surface area contributed by atoms with E-state index in [0.29, 0.717) is 16.5 Å². The Morgan fingerprint density at radius 1 is 0.788 bits per heavy atom. The lowest BCUT2D eigenvalue weighted by molar-refractivity contribution is 0.0731. The van der Waals surface area contributed by atoms with Crippen LogP contribution in [0.3, 0.4) is 0 Å². The predicted molar refractivity (Wildman–Crippen MR) is 134 cm³/mol. The maximum atomic E-state index is 13.0. The van der Waals surface area contributed by atoms with Crippen LogP contribution in [0.1, 0.15) is 87.1 Å². The van der Waals surface area contributed by atoms with Gasteiger partial charge >= 0.3 is 5.97 Å². The van der Waals surface area contributed by atoms with Crippen LogP contribution >= 0.6 is 0 Å². The van der Waals surface area contributed by atoms with Gasteiger partial charge in [-0.3, -0.25) is 0 Å². The van der Waals surface area contributed by atoms with Crippen LogP contribution in [0, 0.1) is 0 Å². The van der Waals surface area contributed by atoms with E-state index in [0.717, 1.165) is 24.8 Å². The number of ether oxygens (including phenoxy) is 1. The maximum absolute atomic E-state index is 13.0. The van der Waals surface area contributed by atoms with Crippen LogP contribution in [0.2, 0.25) is 0 Å². The number of carbonyl (C=O) groups is 1. The second-order valence-corrected chi connectivity index (χ2v) is 8.77. The second-order valence-electron chi connectivity index (χ2n) is 8.77. The van der Waals surface area contributed by atoms with Crippen molar-refractivity contribution in [3.8, 4) is 17.2 Å². The van der Waals surface area contributed by atoms with Gasteiger partial charge in [-0.15, -0.1) is 0 Å². The average Bonchev–Trinajstić information content (AvgIpc) is 2.82. The molecule has 0 saturated heterocycles. The van der Waals surface area contributed by atoms with Crippen molar-refractivity contribution in [2.75, 3.05) is 0 Å². The van der Waals surface area contributed by atoms with Crippen LogP contribution < -0.4 is 4.74 Å². The Balaban J connectivity index is 1.56. The molecule has 0 heterocycles. The second kappa shape index (κ2) is 12.9. The fraction of sp³-hybridized carbons (Fsp3) is 0.414. The van der Waals surface area contributed by atoms with Gasteiger partial charge in [0.25, 0.3) is 0 Å². The van der Waals surface area contributed by atoms with Crippen molar-refractivity contribution in [1.29, 1.82) is 0 Å². The monoisotopic (exact) mass is 448 g/mol. The first kappa shape index (κ1) is 24.6. The van der Waals surface area contributed by atoms with E-state index in [1.807, 2.05) is 24.3 Å². The molecule has 0 unspecified atom stereocenters. The van der Waals surface area contributed by atoms with E-state index < -0.39 is 11.7 Å². The summed E-state index contributed by atoms with van der Waals surface area (Å²) in [7, 11) is 0.